The molecule has 1 amide bonds. The minimum Gasteiger partial charge on any atom is -0.481 e. The number of ether oxygens (including phenoxy) is 1. The average molecular weight is 250 g/mol. The van der Waals surface area contributed by atoms with Gasteiger partial charge >= 0.3 is 0 Å². The zero-order valence-corrected chi connectivity index (χ0v) is 10.9. The summed E-state index contributed by atoms with van der Waals surface area (Å²) in [5.41, 5.74) is 0.759. The molecule has 1 fully saturated rings. The number of anilines is 1. The number of hydrogen-bond acceptors (Lipinski definition) is 5. The molecule has 2 N–H and O–H groups in total. The molecule has 0 aromatic carbocycles. The van der Waals surface area contributed by atoms with Crippen LogP contribution in [0.2, 0.25) is 0 Å². The quantitative estimate of drug-likeness (QED) is 0.821. The molecule has 98 valence electrons. The van der Waals surface area contributed by atoms with E-state index in [0.717, 1.165) is 12.2 Å². The Morgan fingerprint density at radius 2 is 2.28 bits per heavy atom. The molecule has 2 rings (SSSR count). The first-order valence-corrected chi connectivity index (χ1v) is 6.01. The number of carbonyl (C=O) groups excluding carboxylic acids is 1. The third-order valence-electron chi connectivity index (χ3n) is 3.13. The summed E-state index contributed by atoms with van der Waals surface area (Å²) in [5, 5.41) is 5.95. The van der Waals surface area contributed by atoms with Gasteiger partial charge in [0.1, 0.15) is 0 Å². The molecule has 1 aliphatic rings. The Bertz CT molecular complexity index is 450. The minimum atomic E-state index is -0.0415. The van der Waals surface area contributed by atoms with Crippen molar-refractivity contribution in [1.82, 2.24) is 15.3 Å². The number of rotatable bonds is 3. The summed E-state index contributed by atoms with van der Waals surface area (Å²) in [6, 6.07) is 1.72. The van der Waals surface area contributed by atoms with Gasteiger partial charge in [-0.3, -0.25) is 10.1 Å². The van der Waals surface area contributed by atoms with Gasteiger partial charge in [-0.05, 0) is 19.4 Å². The van der Waals surface area contributed by atoms with E-state index in [4.69, 9.17) is 4.74 Å². The maximum atomic E-state index is 12.1. The molecule has 1 aliphatic heterocycles. The zero-order chi connectivity index (χ0) is 13.1. The number of nitrogens with zero attached hydrogens (tertiary/aromatic N) is 2. The molecule has 0 spiro atoms. The second kappa shape index (κ2) is 5.30. The van der Waals surface area contributed by atoms with Crippen LogP contribution in [0.1, 0.15) is 12.6 Å². The van der Waals surface area contributed by atoms with Crippen LogP contribution in [0.3, 0.4) is 0 Å². The smallest absolute Gasteiger partial charge is 0.232 e. The Labute approximate surface area is 106 Å². The summed E-state index contributed by atoms with van der Waals surface area (Å²) >= 11 is 0. The lowest BCUT2D eigenvalue weighted by molar-refractivity contribution is -0.120. The Hall–Kier alpha value is -1.69. The lowest BCUT2D eigenvalue weighted by Gasteiger charge is -2.13. The average Bonchev–Trinajstić information content (AvgIpc) is 2.74. The van der Waals surface area contributed by atoms with E-state index < -0.39 is 0 Å². The van der Waals surface area contributed by atoms with Crippen LogP contribution >= 0.6 is 0 Å². The van der Waals surface area contributed by atoms with E-state index >= 15 is 0 Å². The Morgan fingerprint density at radius 3 is 2.89 bits per heavy atom. The topological polar surface area (TPSA) is 76.1 Å². The third kappa shape index (κ3) is 2.76. The first kappa shape index (κ1) is 12.8. The molecule has 2 atom stereocenters. The van der Waals surface area contributed by atoms with E-state index in [1.807, 2.05) is 6.92 Å². The number of nitrogens with one attached hydrogen (secondary N) is 2. The third-order valence-corrected chi connectivity index (χ3v) is 3.13. The van der Waals surface area contributed by atoms with Crippen LogP contribution in [0.15, 0.2) is 6.07 Å². The van der Waals surface area contributed by atoms with Gasteiger partial charge in [0.2, 0.25) is 17.7 Å². The lowest BCUT2D eigenvalue weighted by Crippen LogP contribution is -2.28. The van der Waals surface area contributed by atoms with Crippen molar-refractivity contribution in [3.8, 4) is 5.88 Å². The molecule has 0 saturated carbocycles. The van der Waals surface area contributed by atoms with E-state index in [0.29, 0.717) is 24.3 Å². The van der Waals surface area contributed by atoms with Crippen LogP contribution in [0.4, 0.5) is 5.95 Å². The number of hydrogen-bond donors (Lipinski definition) is 2. The van der Waals surface area contributed by atoms with Gasteiger partial charge in [-0.1, -0.05) is 6.92 Å². The van der Waals surface area contributed by atoms with Gasteiger partial charge in [-0.25, -0.2) is 4.98 Å². The predicted molar refractivity (Wildman–Crippen MR) is 67.5 cm³/mol. The molecule has 6 nitrogen and oxygen atoms in total. The Kier molecular flexibility index (Phi) is 3.76. The summed E-state index contributed by atoms with van der Waals surface area (Å²) in [4.78, 5) is 20.3. The number of aromatic nitrogens is 2. The van der Waals surface area contributed by atoms with Crippen LogP contribution in [-0.2, 0) is 4.79 Å². The molecular weight excluding hydrogens is 232 g/mol. The first-order chi connectivity index (χ1) is 8.60. The van der Waals surface area contributed by atoms with E-state index in [2.05, 4.69) is 27.5 Å². The predicted octanol–water partition coefficient (Wildman–Crippen LogP) is 0.588. The number of aryl methyl sites for hydroxylation is 1. The number of amides is 1. The Morgan fingerprint density at radius 1 is 1.50 bits per heavy atom. The molecule has 2 heterocycles. The zero-order valence-electron chi connectivity index (χ0n) is 10.9. The van der Waals surface area contributed by atoms with E-state index in [1.54, 1.807) is 6.07 Å². The van der Waals surface area contributed by atoms with Crippen molar-refractivity contribution in [2.24, 2.45) is 11.8 Å². The molecule has 0 radical (unpaired) electrons. The van der Waals surface area contributed by atoms with Crippen LogP contribution in [-0.4, -0.2) is 36.1 Å². The highest BCUT2D eigenvalue weighted by Crippen LogP contribution is 2.18. The monoisotopic (exact) mass is 250 g/mol. The number of methoxy groups -OCH3 is 1. The summed E-state index contributed by atoms with van der Waals surface area (Å²) in [7, 11) is 1.54. The van der Waals surface area contributed by atoms with Crippen molar-refractivity contribution in [2.75, 3.05) is 25.5 Å². The summed E-state index contributed by atoms with van der Waals surface area (Å²) < 4.78 is 5.05. The largest absolute Gasteiger partial charge is 0.481 e. The Balaban J connectivity index is 2.09. The maximum absolute atomic E-state index is 12.1. The van der Waals surface area contributed by atoms with E-state index in [1.165, 1.54) is 7.11 Å². The minimum absolute atomic E-state index is 0.0277. The van der Waals surface area contributed by atoms with Crippen molar-refractivity contribution >= 4 is 11.9 Å². The van der Waals surface area contributed by atoms with E-state index in [-0.39, 0.29) is 11.8 Å². The molecule has 1 aromatic rings. The highest BCUT2D eigenvalue weighted by Gasteiger charge is 2.29. The first-order valence-electron chi connectivity index (χ1n) is 6.01. The molecular formula is C12H18N4O2. The fourth-order valence-electron chi connectivity index (χ4n) is 2.06. The van der Waals surface area contributed by atoms with Crippen molar-refractivity contribution < 1.29 is 9.53 Å². The van der Waals surface area contributed by atoms with Crippen LogP contribution < -0.4 is 15.4 Å². The van der Waals surface area contributed by atoms with Gasteiger partial charge in [0.15, 0.2) is 0 Å². The van der Waals surface area contributed by atoms with Crippen molar-refractivity contribution in [2.45, 2.75) is 13.8 Å². The highest BCUT2D eigenvalue weighted by molar-refractivity contribution is 5.91. The second-order valence-corrected chi connectivity index (χ2v) is 4.61. The standard InChI is InChI=1S/C12H18N4O2/c1-7-5-13-6-9(7)11(17)16-12-14-8(2)4-10(15-12)18-3/h4,7,9,13H,5-6H2,1-3H3,(H,14,15,16,17). The summed E-state index contributed by atoms with van der Waals surface area (Å²) in [6.07, 6.45) is 0. The van der Waals surface area contributed by atoms with Gasteiger partial charge in [0, 0.05) is 18.3 Å². The van der Waals surface area contributed by atoms with Crippen molar-refractivity contribution in [3.05, 3.63) is 11.8 Å². The molecule has 0 bridgehead atoms. The normalized spacial score (nSPS) is 22.8. The molecule has 18 heavy (non-hydrogen) atoms. The van der Waals surface area contributed by atoms with Crippen LogP contribution in [0.5, 0.6) is 5.88 Å². The van der Waals surface area contributed by atoms with E-state index in [9.17, 15) is 4.79 Å². The van der Waals surface area contributed by atoms with Crippen LogP contribution in [0, 0.1) is 18.8 Å². The fraction of sp³-hybridized carbons (Fsp3) is 0.583. The van der Waals surface area contributed by atoms with Gasteiger partial charge in [0.05, 0.1) is 13.0 Å². The maximum Gasteiger partial charge on any atom is 0.232 e. The molecule has 6 heteroatoms. The summed E-state index contributed by atoms with van der Waals surface area (Å²) in [6.45, 7) is 5.47. The molecule has 1 saturated heterocycles. The van der Waals surface area contributed by atoms with Crippen molar-refractivity contribution in [1.29, 1.82) is 0 Å². The fourth-order valence-corrected chi connectivity index (χ4v) is 2.06. The lowest BCUT2D eigenvalue weighted by atomic mass is 9.97. The van der Waals surface area contributed by atoms with Crippen molar-refractivity contribution in [3.63, 3.8) is 0 Å². The van der Waals surface area contributed by atoms with Gasteiger partial charge < -0.3 is 10.1 Å². The second-order valence-electron chi connectivity index (χ2n) is 4.61. The highest BCUT2D eigenvalue weighted by atomic mass is 16.5. The van der Waals surface area contributed by atoms with Gasteiger partial charge in [-0.15, -0.1) is 0 Å². The molecule has 2 unspecified atom stereocenters. The summed E-state index contributed by atoms with van der Waals surface area (Å²) in [5.74, 6) is 1.02. The van der Waals surface area contributed by atoms with Gasteiger partial charge in [0.25, 0.3) is 0 Å². The van der Waals surface area contributed by atoms with Gasteiger partial charge in [-0.2, -0.15) is 4.98 Å². The SMILES string of the molecule is COc1cc(C)nc(NC(=O)C2CNCC2C)n1. The molecule has 1 aromatic heterocycles. The van der Waals surface area contributed by atoms with Crippen LogP contribution in [0.25, 0.3) is 0 Å². The molecule has 0 aliphatic carbocycles. The number of carbonyl (C=O) groups is 1.